The van der Waals surface area contributed by atoms with E-state index >= 15 is 0 Å². The maximum absolute atomic E-state index is 11.0. The van der Waals surface area contributed by atoms with Gasteiger partial charge in [-0.3, -0.25) is 0 Å². The zero-order valence-electron chi connectivity index (χ0n) is 17.1. The van der Waals surface area contributed by atoms with E-state index in [1.807, 2.05) is 0 Å². The normalized spacial score (nSPS) is 13.9. The third kappa shape index (κ3) is 7.11. The largest absolute Gasteiger partial charge is 0.389 e. The predicted octanol–water partition coefficient (Wildman–Crippen LogP) is 7.23. The second-order valence-corrected chi connectivity index (χ2v) is 12.2. The number of hydrogen-bond acceptors (Lipinski definition) is 1. The standard InChI is InChI=1S/C23H40OSi/c1-5-9-17-25(18-10-6-2,19-11-7-3)23(22(24)8-4)20-21-15-13-12-14-16-21/h12-16,20,22,24H,5-11,17-19H2,1-4H3/b23-20+. The molecule has 1 N–H and O–H groups in total. The van der Waals surface area contributed by atoms with E-state index in [1.54, 1.807) is 0 Å². The van der Waals surface area contributed by atoms with E-state index in [2.05, 4.69) is 64.1 Å². The Morgan fingerprint density at radius 1 is 0.880 bits per heavy atom. The van der Waals surface area contributed by atoms with Gasteiger partial charge >= 0.3 is 0 Å². The maximum Gasteiger partial charge on any atom is 0.0849 e. The molecule has 25 heavy (non-hydrogen) atoms. The molecule has 0 aliphatic carbocycles. The quantitative estimate of drug-likeness (QED) is 0.368. The number of aliphatic hydroxyl groups excluding tert-OH is 1. The molecule has 0 aromatic heterocycles. The van der Waals surface area contributed by atoms with Crippen molar-refractivity contribution in [3.63, 3.8) is 0 Å². The van der Waals surface area contributed by atoms with Crippen LogP contribution < -0.4 is 0 Å². The minimum Gasteiger partial charge on any atom is -0.389 e. The Labute approximate surface area is 157 Å². The number of hydrogen-bond donors (Lipinski definition) is 1. The molecule has 0 aliphatic heterocycles. The number of benzene rings is 1. The Morgan fingerprint density at radius 2 is 1.36 bits per heavy atom. The van der Waals surface area contributed by atoms with Crippen molar-refractivity contribution in [2.24, 2.45) is 0 Å². The van der Waals surface area contributed by atoms with Crippen molar-refractivity contribution in [1.82, 2.24) is 0 Å². The first-order valence-electron chi connectivity index (χ1n) is 10.6. The van der Waals surface area contributed by atoms with Crippen LogP contribution >= 0.6 is 0 Å². The van der Waals surface area contributed by atoms with Gasteiger partial charge in [0.25, 0.3) is 0 Å². The van der Waals surface area contributed by atoms with Crippen molar-refractivity contribution in [3.8, 4) is 0 Å². The summed E-state index contributed by atoms with van der Waals surface area (Å²) in [6, 6.07) is 14.7. The third-order valence-corrected chi connectivity index (χ3v) is 11.1. The molecule has 0 amide bonds. The van der Waals surface area contributed by atoms with E-state index < -0.39 is 8.07 Å². The SMILES string of the molecule is CCCC[Si](CCCC)(CCCC)/C(=C/c1ccccc1)C(O)CC. The van der Waals surface area contributed by atoms with Gasteiger partial charge in [-0.25, -0.2) is 0 Å². The molecule has 1 nitrogen and oxygen atoms in total. The van der Waals surface area contributed by atoms with E-state index in [-0.39, 0.29) is 6.10 Å². The molecule has 1 unspecified atom stereocenters. The summed E-state index contributed by atoms with van der Waals surface area (Å²) in [7, 11) is -1.64. The summed E-state index contributed by atoms with van der Waals surface area (Å²) < 4.78 is 0. The van der Waals surface area contributed by atoms with Gasteiger partial charge in [0.2, 0.25) is 0 Å². The second kappa shape index (κ2) is 12.5. The van der Waals surface area contributed by atoms with E-state index in [0.29, 0.717) is 0 Å². The Hall–Kier alpha value is -0.863. The highest BCUT2D eigenvalue weighted by atomic mass is 28.3. The molecule has 142 valence electrons. The molecule has 0 bridgehead atoms. The van der Waals surface area contributed by atoms with Gasteiger partial charge in [0.1, 0.15) is 0 Å². The number of unbranched alkanes of at least 4 members (excludes halogenated alkanes) is 3. The Morgan fingerprint density at radius 3 is 1.76 bits per heavy atom. The summed E-state index contributed by atoms with van der Waals surface area (Å²) in [6.07, 6.45) is 10.6. The molecule has 0 spiro atoms. The Bertz CT molecular complexity index is 458. The average Bonchev–Trinajstić information content (AvgIpc) is 2.66. The van der Waals surface area contributed by atoms with Crippen LogP contribution in [0.15, 0.2) is 35.5 Å². The molecular weight excluding hydrogens is 320 g/mol. The monoisotopic (exact) mass is 360 g/mol. The first-order valence-corrected chi connectivity index (χ1v) is 13.2. The molecular formula is C23H40OSi. The fourth-order valence-electron chi connectivity index (χ4n) is 3.90. The van der Waals surface area contributed by atoms with Crippen molar-refractivity contribution >= 4 is 14.1 Å². The van der Waals surface area contributed by atoms with Gasteiger partial charge < -0.3 is 5.11 Å². The summed E-state index contributed by atoms with van der Waals surface area (Å²) in [4.78, 5) is 0. The lowest BCUT2D eigenvalue weighted by Gasteiger charge is -2.37. The molecule has 0 fully saturated rings. The lowest BCUT2D eigenvalue weighted by molar-refractivity contribution is 0.213. The van der Waals surface area contributed by atoms with Crippen LogP contribution in [0.5, 0.6) is 0 Å². The number of rotatable bonds is 13. The smallest absolute Gasteiger partial charge is 0.0849 e. The molecule has 1 aromatic carbocycles. The maximum atomic E-state index is 11.0. The second-order valence-electron chi connectivity index (χ2n) is 7.53. The molecule has 0 saturated carbocycles. The van der Waals surface area contributed by atoms with Crippen molar-refractivity contribution in [3.05, 3.63) is 41.1 Å². The minimum absolute atomic E-state index is 0.266. The van der Waals surface area contributed by atoms with Gasteiger partial charge in [-0.15, -0.1) is 0 Å². The van der Waals surface area contributed by atoms with Gasteiger partial charge in [-0.05, 0) is 12.0 Å². The van der Waals surface area contributed by atoms with Crippen LogP contribution in [-0.2, 0) is 0 Å². The van der Waals surface area contributed by atoms with Crippen LogP contribution in [0.2, 0.25) is 18.1 Å². The number of aliphatic hydroxyl groups is 1. The van der Waals surface area contributed by atoms with Crippen LogP contribution in [0.25, 0.3) is 6.08 Å². The topological polar surface area (TPSA) is 20.2 Å². The molecule has 1 atom stereocenters. The van der Waals surface area contributed by atoms with Gasteiger partial charge in [-0.1, -0.05) is 126 Å². The molecule has 0 aliphatic rings. The summed E-state index contributed by atoms with van der Waals surface area (Å²) in [5, 5.41) is 12.4. The van der Waals surface area contributed by atoms with Gasteiger partial charge in [0, 0.05) is 0 Å². The molecule has 0 radical (unpaired) electrons. The predicted molar refractivity (Wildman–Crippen MR) is 116 cm³/mol. The highest BCUT2D eigenvalue weighted by Crippen LogP contribution is 2.38. The summed E-state index contributed by atoms with van der Waals surface area (Å²) in [5.74, 6) is 0. The molecule has 1 aromatic rings. The lowest BCUT2D eigenvalue weighted by Crippen LogP contribution is -2.41. The summed E-state index contributed by atoms with van der Waals surface area (Å²) in [6.45, 7) is 9.03. The van der Waals surface area contributed by atoms with Crippen LogP contribution in [0.4, 0.5) is 0 Å². The highest BCUT2D eigenvalue weighted by Gasteiger charge is 2.37. The van der Waals surface area contributed by atoms with Crippen molar-refractivity contribution < 1.29 is 5.11 Å². The fraction of sp³-hybridized carbons (Fsp3) is 0.652. The average molecular weight is 361 g/mol. The highest BCUT2D eigenvalue weighted by molar-refractivity contribution is 6.87. The van der Waals surface area contributed by atoms with E-state index in [1.165, 1.54) is 67.4 Å². The Kier molecular flexibility index (Phi) is 11.1. The minimum atomic E-state index is -1.64. The van der Waals surface area contributed by atoms with Gasteiger partial charge in [0.15, 0.2) is 0 Å². The van der Waals surface area contributed by atoms with Gasteiger partial charge in [0.05, 0.1) is 14.2 Å². The molecule has 2 heteroatoms. The van der Waals surface area contributed by atoms with E-state index in [4.69, 9.17) is 0 Å². The van der Waals surface area contributed by atoms with E-state index in [9.17, 15) is 5.11 Å². The van der Waals surface area contributed by atoms with Crippen LogP contribution in [-0.4, -0.2) is 19.3 Å². The van der Waals surface area contributed by atoms with Crippen LogP contribution in [0, 0.1) is 0 Å². The third-order valence-electron chi connectivity index (χ3n) is 5.51. The molecule has 0 heterocycles. The molecule has 0 saturated heterocycles. The van der Waals surface area contributed by atoms with Crippen molar-refractivity contribution in [2.75, 3.05) is 0 Å². The first-order chi connectivity index (χ1) is 12.1. The fourth-order valence-corrected chi connectivity index (χ4v) is 10.00. The van der Waals surface area contributed by atoms with Crippen molar-refractivity contribution in [1.29, 1.82) is 0 Å². The molecule has 1 rings (SSSR count). The van der Waals surface area contributed by atoms with E-state index in [0.717, 1.165) is 6.42 Å². The van der Waals surface area contributed by atoms with Crippen LogP contribution in [0.1, 0.15) is 78.2 Å². The summed E-state index contributed by atoms with van der Waals surface area (Å²) in [5.41, 5.74) is 1.26. The lowest BCUT2D eigenvalue weighted by atomic mass is 10.1. The summed E-state index contributed by atoms with van der Waals surface area (Å²) >= 11 is 0. The Balaban J connectivity index is 3.34. The van der Waals surface area contributed by atoms with Gasteiger partial charge in [-0.2, -0.15) is 0 Å². The van der Waals surface area contributed by atoms with Crippen molar-refractivity contribution in [2.45, 2.75) is 96.9 Å². The zero-order chi connectivity index (χ0) is 18.5. The van der Waals surface area contributed by atoms with Crippen LogP contribution in [0.3, 0.4) is 0 Å². The zero-order valence-corrected chi connectivity index (χ0v) is 18.1. The first kappa shape index (κ1) is 22.2.